The maximum Gasteiger partial charge on any atom is 0.262 e. The monoisotopic (exact) mass is 547 g/mol. The predicted molar refractivity (Wildman–Crippen MR) is 148 cm³/mol. The molecule has 2 aromatic carbocycles. The van der Waals surface area contributed by atoms with E-state index in [0.29, 0.717) is 24.5 Å². The van der Waals surface area contributed by atoms with Gasteiger partial charge >= 0.3 is 0 Å². The molecule has 0 radical (unpaired) electrons. The van der Waals surface area contributed by atoms with Crippen LogP contribution in [-0.2, 0) is 21.9 Å². The minimum atomic E-state index is -3.93. The van der Waals surface area contributed by atoms with Crippen molar-refractivity contribution in [2.45, 2.75) is 11.3 Å². The number of benzene rings is 2. The summed E-state index contributed by atoms with van der Waals surface area (Å²) in [5.74, 6) is 0.342. The van der Waals surface area contributed by atoms with Crippen LogP contribution < -0.4 is 19.5 Å². The molecule has 2 N–H and O–H groups in total. The van der Waals surface area contributed by atoms with E-state index < -0.39 is 10.0 Å². The first-order valence-electron chi connectivity index (χ1n) is 11.2. The second kappa shape index (κ2) is 11.2. The lowest BCUT2D eigenvalue weighted by Gasteiger charge is -2.12. The molecule has 4 aromatic rings. The number of fused-ring (bicyclic) bond motifs is 3. The minimum absolute atomic E-state index is 0. The van der Waals surface area contributed by atoms with Gasteiger partial charge in [-0.15, -0.1) is 12.4 Å². The van der Waals surface area contributed by atoms with Crippen molar-refractivity contribution in [2.75, 3.05) is 44.9 Å². The number of rotatable bonds is 9. The summed E-state index contributed by atoms with van der Waals surface area (Å²) >= 11 is 0. The Labute approximate surface area is 222 Å². The van der Waals surface area contributed by atoms with Gasteiger partial charge in [-0.1, -0.05) is 6.07 Å². The number of carbonyl (C=O) groups is 1. The van der Waals surface area contributed by atoms with Crippen molar-refractivity contribution < 1.29 is 22.7 Å². The van der Waals surface area contributed by atoms with Crippen LogP contribution in [0.3, 0.4) is 0 Å². The van der Waals surface area contributed by atoms with Crippen LogP contribution in [0.4, 0.5) is 11.4 Å². The van der Waals surface area contributed by atoms with Crippen LogP contribution in [0, 0.1) is 0 Å². The van der Waals surface area contributed by atoms with Gasteiger partial charge < -0.3 is 24.3 Å². The van der Waals surface area contributed by atoms with Crippen molar-refractivity contribution in [3.05, 3.63) is 48.5 Å². The van der Waals surface area contributed by atoms with Gasteiger partial charge in [-0.3, -0.25) is 9.52 Å². The summed E-state index contributed by atoms with van der Waals surface area (Å²) in [6.45, 7) is 0.659. The van der Waals surface area contributed by atoms with Crippen molar-refractivity contribution in [3.63, 3.8) is 0 Å². The first kappa shape index (κ1) is 28.0. The highest BCUT2D eigenvalue weighted by molar-refractivity contribution is 7.92. The van der Waals surface area contributed by atoms with E-state index in [1.807, 2.05) is 48.8 Å². The molecule has 37 heavy (non-hydrogen) atoms. The van der Waals surface area contributed by atoms with E-state index in [0.717, 1.165) is 21.8 Å². The second-order valence-corrected chi connectivity index (χ2v) is 10.3. The van der Waals surface area contributed by atoms with Gasteiger partial charge in [0.15, 0.2) is 0 Å². The number of pyridine rings is 1. The van der Waals surface area contributed by atoms with Gasteiger partial charge in [-0.2, -0.15) is 4.98 Å². The number of methoxy groups -OCH3 is 2. The van der Waals surface area contributed by atoms with E-state index in [2.05, 4.69) is 15.0 Å². The number of aryl methyl sites for hydroxylation is 1. The van der Waals surface area contributed by atoms with Gasteiger partial charge in [0.1, 0.15) is 5.69 Å². The van der Waals surface area contributed by atoms with Crippen molar-refractivity contribution in [1.29, 1.82) is 0 Å². The van der Waals surface area contributed by atoms with Crippen molar-refractivity contribution >= 4 is 61.5 Å². The number of sulfonamides is 1. The Hall–Kier alpha value is -3.54. The van der Waals surface area contributed by atoms with Crippen LogP contribution in [0.15, 0.2) is 53.4 Å². The van der Waals surface area contributed by atoms with E-state index in [1.165, 1.54) is 20.3 Å². The molecule has 0 fully saturated rings. The predicted octanol–water partition coefficient (Wildman–Crippen LogP) is 3.86. The van der Waals surface area contributed by atoms with Crippen LogP contribution in [0.1, 0.15) is 6.42 Å². The first-order valence-corrected chi connectivity index (χ1v) is 12.7. The smallest absolute Gasteiger partial charge is 0.262 e. The Morgan fingerprint density at radius 3 is 2.43 bits per heavy atom. The third-order valence-corrected chi connectivity index (χ3v) is 7.20. The molecule has 2 heterocycles. The molecule has 0 unspecified atom stereocenters. The molecular formula is C25H30ClN5O5S. The molecular weight excluding hydrogens is 518 g/mol. The Morgan fingerprint density at radius 1 is 1.00 bits per heavy atom. The van der Waals surface area contributed by atoms with E-state index in [4.69, 9.17) is 9.47 Å². The third kappa shape index (κ3) is 5.90. The number of hydrogen-bond donors (Lipinski definition) is 2. The topological polar surface area (TPSA) is 115 Å². The number of aromatic nitrogens is 2. The van der Waals surface area contributed by atoms with Gasteiger partial charge in [0.2, 0.25) is 17.7 Å². The number of hydrogen-bond acceptors (Lipinski definition) is 7. The lowest BCUT2D eigenvalue weighted by molar-refractivity contribution is -0.116. The molecule has 0 aliphatic rings. The molecule has 198 valence electrons. The fraction of sp³-hybridized carbons (Fsp3) is 0.280. The summed E-state index contributed by atoms with van der Waals surface area (Å²) in [5, 5.41) is 4.58. The second-order valence-electron chi connectivity index (χ2n) is 8.59. The lowest BCUT2D eigenvalue weighted by Crippen LogP contribution is -2.20. The number of carbonyl (C=O) groups excluding carboxylic acids is 1. The van der Waals surface area contributed by atoms with Crippen molar-refractivity contribution in [1.82, 2.24) is 14.5 Å². The summed E-state index contributed by atoms with van der Waals surface area (Å²) in [6.07, 6.45) is 0.392. The molecule has 0 atom stereocenters. The molecule has 4 rings (SSSR count). The van der Waals surface area contributed by atoms with Crippen molar-refractivity contribution in [3.8, 4) is 11.8 Å². The largest absolute Gasteiger partial charge is 0.481 e. The number of nitrogens with zero attached hydrogens (tertiary/aromatic N) is 3. The normalized spacial score (nSPS) is 11.4. The molecule has 0 saturated carbocycles. The maximum atomic E-state index is 13.2. The standard InChI is InChI=1S/C25H29N5O5S.ClH/c1-29(2)13-12-23(31)26-16-6-8-18-19-15-17(7-10-21(19)30(3)22(18)14-16)36(32,33)28-20-9-11-24(34-4)27-25(20)35-5;/h6-11,14-15,28H,12-13H2,1-5H3,(H,26,31);1H. The van der Waals surface area contributed by atoms with Gasteiger partial charge in [0, 0.05) is 48.1 Å². The van der Waals surface area contributed by atoms with Gasteiger partial charge in [0.05, 0.1) is 24.6 Å². The summed E-state index contributed by atoms with van der Waals surface area (Å²) < 4.78 is 41.2. The van der Waals surface area contributed by atoms with E-state index in [9.17, 15) is 13.2 Å². The van der Waals surface area contributed by atoms with Crippen LogP contribution in [0.5, 0.6) is 11.8 Å². The third-order valence-electron chi connectivity index (χ3n) is 5.84. The fourth-order valence-corrected chi connectivity index (χ4v) is 5.04. The summed E-state index contributed by atoms with van der Waals surface area (Å²) in [5.41, 5.74) is 2.62. The molecule has 0 spiro atoms. The Morgan fingerprint density at radius 2 is 1.76 bits per heavy atom. The first-order chi connectivity index (χ1) is 17.1. The average molecular weight is 548 g/mol. The minimum Gasteiger partial charge on any atom is -0.481 e. The summed E-state index contributed by atoms with van der Waals surface area (Å²) in [6, 6.07) is 13.6. The van der Waals surface area contributed by atoms with Crippen LogP contribution >= 0.6 is 12.4 Å². The molecule has 0 bridgehead atoms. The van der Waals surface area contributed by atoms with Crippen molar-refractivity contribution in [2.24, 2.45) is 7.05 Å². The van der Waals surface area contributed by atoms with Crippen LogP contribution in [-0.4, -0.2) is 63.6 Å². The summed E-state index contributed by atoms with van der Waals surface area (Å²) in [4.78, 5) is 18.4. The molecule has 0 saturated heterocycles. The highest BCUT2D eigenvalue weighted by Gasteiger charge is 2.20. The molecule has 2 aromatic heterocycles. The number of amides is 1. The van der Waals surface area contributed by atoms with E-state index in [1.54, 1.807) is 24.3 Å². The number of nitrogens with one attached hydrogen (secondary N) is 2. The zero-order valence-electron chi connectivity index (χ0n) is 21.2. The molecule has 12 heteroatoms. The number of anilines is 2. The average Bonchev–Trinajstić information content (AvgIpc) is 3.13. The van der Waals surface area contributed by atoms with Gasteiger partial charge in [-0.25, -0.2) is 8.42 Å². The quantitative estimate of drug-likeness (QED) is 0.327. The highest BCUT2D eigenvalue weighted by atomic mass is 35.5. The summed E-state index contributed by atoms with van der Waals surface area (Å²) in [7, 11) is 4.68. The van der Waals surface area contributed by atoms with Crippen LogP contribution in [0.25, 0.3) is 21.8 Å². The maximum absolute atomic E-state index is 13.2. The number of halogens is 1. The fourth-order valence-electron chi connectivity index (χ4n) is 3.96. The molecule has 10 nitrogen and oxygen atoms in total. The zero-order valence-corrected chi connectivity index (χ0v) is 22.9. The molecule has 0 aliphatic carbocycles. The zero-order chi connectivity index (χ0) is 26.0. The number of ether oxygens (including phenoxy) is 2. The molecule has 1 amide bonds. The Balaban J connectivity index is 0.00000380. The van der Waals surface area contributed by atoms with E-state index >= 15 is 0 Å². The Kier molecular flexibility index (Phi) is 8.52. The lowest BCUT2D eigenvalue weighted by atomic mass is 10.1. The Bertz CT molecular complexity index is 1550. The van der Waals surface area contributed by atoms with Gasteiger partial charge in [-0.05, 0) is 50.5 Å². The SMILES string of the molecule is COc1ccc(NS(=O)(=O)c2ccc3c(c2)c2ccc(NC(=O)CCN(C)C)cc2n3C)c(OC)n1.Cl. The van der Waals surface area contributed by atoms with Crippen LogP contribution in [0.2, 0.25) is 0 Å². The highest BCUT2D eigenvalue weighted by Crippen LogP contribution is 2.33. The van der Waals surface area contributed by atoms with Gasteiger partial charge in [0.25, 0.3) is 10.0 Å². The molecule has 0 aliphatic heterocycles. The van der Waals surface area contributed by atoms with E-state index in [-0.39, 0.29) is 34.8 Å².